The molecule has 0 radical (unpaired) electrons. The fourth-order valence-electron chi connectivity index (χ4n) is 2.52. The summed E-state index contributed by atoms with van der Waals surface area (Å²) >= 11 is 0. The molecule has 0 amide bonds. The van der Waals surface area contributed by atoms with Gasteiger partial charge in [-0.2, -0.15) is 0 Å². The number of hydrogen-bond donors (Lipinski definition) is 0. The summed E-state index contributed by atoms with van der Waals surface area (Å²) in [6.07, 6.45) is 4.20. The van der Waals surface area contributed by atoms with Gasteiger partial charge in [0.2, 0.25) is 0 Å². The SMILES string of the molecule is CCC(CCCC(Cc1cc(=O)cco1)C(=O)OC)C(=O)OC. The molecule has 128 valence electrons. The van der Waals surface area contributed by atoms with Crippen molar-refractivity contribution in [2.45, 2.75) is 39.0 Å². The van der Waals surface area contributed by atoms with Gasteiger partial charge in [-0.3, -0.25) is 14.4 Å². The Morgan fingerprint density at radius 2 is 1.74 bits per heavy atom. The van der Waals surface area contributed by atoms with Gasteiger partial charge in [-0.25, -0.2) is 0 Å². The second-order valence-electron chi connectivity index (χ2n) is 5.42. The lowest BCUT2D eigenvalue weighted by atomic mass is 9.92. The van der Waals surface area contributed by atoms with Gasteiger partial charge in [-0.05, 0) is 19.3 Å². The van der Waals surface area contributed by atoms with Crippen molar-refractivity contribution >= 4 is 11.9 Å². The molecule has 0 saturated heterocycles. The molecule has 0 bridgehead atoms. The summed E-state index contributed by atoms with van der Waals surface area (Å²) in [6, 6.07) is 2.69. The van der Waals surface area contributed by atoms with Crippen molar-refractivity contribution < 1.29 is 23.5 Å². The standard InChI is InChI=1S/C17H24O6/c1-4-12(16(19)21-2)6-5-7-13(17(20)22-3)10-15-11-14(18)8-9-23-15/h8-9,11-13H,4-7,10H2,1-3H3. The summed E-state index contributed by atoms with van der Waals surface area (Å²) in [5, 5.41) is 0. The van der Waals surface area contributed by atoms with Crippen molar-refractivity contribution in [3.8, 4) is 0 Å². The minimum absolute atomic E-state index is 0.159. The van der Waals surface area contributed by atoms with Crippen LogP contribution in [0.3, 0.4) is 0 Å². The maximum atomic E-state index is 11.9. The average Bonchev–Trinajstić information content (AvgIpc) is 2.56. The van der Waals surface area contributed by atoms with Crippen LogP contribution in [0.25, 0.3) is 0 Å². The Hall–Kier alpha value is -2.11. The van der Waals surface area contributed by atoms with E-state index >= 15 is 0 Å². The number of hydrogen-bond acceptors (Lipinski definition) is 6. The zero-order chi connectivity index (χ0) is 17.2. The summed E-state index contributed by atoms with van der Waals surface area (Å²) in [6.45, 7) is 1.93. The minimum atomic E-state index is -0.402. The molecule has 0 aliphatic carbocycles. The van der Waals surface area contributed by atoms with Crippen LogP contribution < -0.4 is 5.43 Å². The molecule has 2 unspecified atom stereocenters. The molecular formula is C17H24O6. The second kappa shape index (κ2) is 9.82. The first-order valence-electron chi connectivity index (χ1n) is 7.75. The molecule has 6 heteroatoms. The van der Waals surface area contributed by atoms with Crippen molar-refractivity contribution in [3.05, 3.63) is 34.4 Å². The van der Waals surface area contributed by atoms with Crippen molar-refractivity contribution in [2.75, 3.05) is 14.2 Å². The van der Waals surface area contributed by atoms with E-state index in [1.54, 1.807) is 0 Å². The third-order valence-electron chi connectivity index (χ3n) is 3.87. The molecule has 0 saturated carbocycles. The molecule has 1 aromatic rings. The first-order chi connectivity index (χ1) is 11.0. The molecular weight excluding hydrogens is 300 g/mol. The van der Waals surface area contributed by atoms with E-state index in [-0.39, 0.29) is 23.3 Å². The van der Waals surface area contributed by atoms with Gasteiger partial charge >= 0.3 is 11.9 Å². The van der Waals surface area contributed by atoms with Crippen LogP contribution in [-0.2, 0) is 25.5 Å². The van der Waals surface area contributed by atoms with Crippen molar-refractivity contribution in [1.82, 2.24) is 0 Å². The summed E-state index contributed by atoms with van der Waals surface area (Å²) in [5.74, 6) is -0.680. The van der Waals surface area contributed by atoms with E-state index in [1.807, 2.05) is 6.92 Å². The Balaban J connectivity index is 2.63. The topological polar surface area (TPSA) is 82.8 Å². The zero-order valence-corrected chi connectivity index (χ0v) is 13.9. The highest BCUT2D eigenvalue weighted by Gasteiger charge is 2.23. The van der Waals surface area contributed by atoms with E-state index in [0.717, 1.165) is 0 Å². The average molecular weight is 324 g/mol. The lowest BCUT2D eigenvalue weighted by Gasteiger charge is -2.16. The lowest BCUT2D eigenvalue weighted by Crippen LogP contribution is -2.21. The maximum Gasteiger partial charge on any atom is 0.309 e. The number of carbonyl (C=O) groups excluding carboxylic acids is 2. The predicted molar refractivity (Wildman–Crippen MR) is 83.8 cm³/mol. The minimum Gasteiger partial charge on any atom is -0.469 e. The second-order valence-corrected chi connectivity index (χ2v) is 5.42. The molecule has 0 N–H and O–H groups in total. The van der Waals surface area contributed by atoms with Crippen LogP contribution in [0.2, 0.25) is 0 Å². The number of carbonyl (C=O) groups is 2. The summed E-state index contributed by atoms with van der Waals surface area (Å²) in [5.41, 5.74) is -0.161. The van der Waals surface area contributed by atoms with Crippen molar-refractivity contribution in [1.29, 1.82) is 0 Å². The summed E-state index contributed by atoms with van der Waals surface area (Å²) < 4.78 is 14.8. The Labute approximate surface area is 135 Å². The van der Waals surface area contributed by atoms with Crippen LogP contribution in [-0.4, -0.2) is 26.2 Å². The van der Waals surface area contributed by atoms with Crippen LogP contribution in [0.4, 0.5) is 0 Å². The highest BCUT2D eigenvalue weighted by atomic mass is 16.5. The summed E-state index contributed by atoms with van der Waals surface area (Å²) in [4.78, 5) is 34.8. The molecule has 6 nitrogen and oxygen atoms in total. The van der Waals surface area contributed by atoms with E-state index in [1.165, 1.54) is 32.6 Å². The summed E-state index contributed by atoms with van der Waals surface area (Å²) in [7, 11) is 2.71. The van der Waals surface area contributed by atoms with Gasteiger partial charge in [-0.1, -0.05) is 13.3 Å². The van der Waals surface area contributed by atoms with Gasteiger partial charge in [0.05, 0.1) is 32.3 Å². The molecule has 0 aliphatic rings. The van der Waals surface area contributed by atoms with Crippen molar-refractivity contribution in [2.24, 2.45) is 11.8 Å². The van der Waals surface area contributed by atoms with Crippen LogP contribution in [0, 0.1) is 11.8 Å². The zero-order valence-electron chi connectivity index (χ0n) is 13.9. The van der Waals surface area contributed by atoms with Crippen molar-refractivity contribution in [3.63, 3.8) is 0 Å². The Morgan fingerprint density at radius 1 is 1.13 bits per heavy atom. The van der Waals surface area contributed by atoms with E-state index < -0.39 is 5.92 Å². The first-order valence-corrected chi connectivity index (χ1v) is 7.75. The normalized spacial score (nSPS) is 13.2. The Morgan fingerprint density at radius 3 is 2.30 bits per heavy atom. The number of esters is 2. The number of ether oxygens (including phenoxy) is 2. The van der Waals surface area contributed by atoms with E-state index in [9.17, 15) is 14.4 Å². The molecule has 0 aromatic carbocycles. The van der Waals surface area contributed by atoms with Crippen LogP contribution in [0.15, 0.2) is 27.6 Å². The van der Waals surface area contributed by atoms with E-state index in [4.69, 9.17) is 13.9 Å². The maximum absolute atomic E-state index is 11.9. The quantitative estimate of drug-likeness (QED) is 0.648. The van der Waals surface area contributed by atoms with Crippen LogP contribution >= 0.6 is 0 Å². The molecule has 23 heavy (non-hydrogen) atoms. The monoisotopic (exact) mass is 324 g/mol. The predicted octanol–water partition coefficient (Wildman–Crippen LogP) is 2.34. The third kappa shape index (κ3) is 6.26. The fraction of sp³-hybridized carbons (Fsp3) is 0.588. The smallest absolute Gasteiger partial charge is 0.309 e. The van der Waals surface area contributed by atoms with Gasteiger partial charge in [0.25, 0.3) is 0 Å². The molecule has 2 atom stereocenters. The first kappa shape index (κ1) is 18.9. The lowest BCUT2D eigenvalue weighted by molar-refractivity contribution is -0.146. The van der Waals surface area contributed by atoms with E-state index in [0.29, 0.717) is 37.9 Å². The number of rotatable bonds is 9. The van der Waals surface area contributed by atoms with Crippen LogP contribution in [0.5, 0.6) is 0 Å². The fourth-order valence-corrected chi connectivity index (χ4v) is 2.52. The molecule has 0 aliphatic heterocycles. The largest absolute Gasteiger partial charge is 0.469 e. The van der Waals surface area contributed by atoms with E-state index in [2.05, 4.69) is 0 Å². The van der Waals surface area contributed by atoms with Gasteiger partial charge in [0, 0.05) is 18.6 Å². The highest BCUT2D eigenvalue weighted by Crippen LogP contribution is 2.20. The third-order valence-corrected chi connectivity index (χ3v) is 3.87. The molecule has 0 spiro atoms. The Kier molecular flexibility index (Phi) is 8.08. The van der Waals surface area contributed by atoms with Gasteiger partial charge < -0.3 is 13.9 Å². The van der Waals surface area contributed by atoms with Gasteiger partial charge in [0.15, 0.2) is 5.43 Å². The molecule has 1 rings (SSSR count). The Bertz CT molecular complexity index is 562. The molecule has 1 heterocycles. The number of methoxy groups -OCH3 is 2. The van der Waals surface area contributed by atoms with Gasteiger partial charge in [0.1, 0.15) is 5.76 Å². The van der Waals surface area contributed by atoms with Crippen LogP contribution in [0.1, 0.15) is 38.4 Å². The molecule has 0 fully saturated rings. The van der Waals surface area contributed by atoms with Gasteiger partial charge in [-0.15, -0.1) is 0 Å². The highest BCUT2D eigenvalue weighted by molar-refractivity contribution is 5.73. The molecule has 1 aromatic heterocycles.